The molecule has 1 heterocycles. The van der Waals surface area contributed by atoms with Crippen molar-refractivity contribution in [1.82, 2.24) is 4.90 Å². The number of hydrogen-bond donors (Lipinski definition) is 0. The number of rotatable bonds is 7. The number of nitrogens with zero attached hydrogens (tertiary/aromatic N) is 2. The highest BCUT2D eigenvalue weighted by molar-refractivity contribution is 9.10. The van der Waals surface area contributed by atoms with Crippen LogP contribution in [0.3, 0.4) is 0 Å². The summed E-state index contributed by atoms with van der Waals surface area (Å²) in [5, 5.41) is 10.6. The fraction of sp³-hybridized carbons (Fsp3) is 0.238. The highest BCUT2D eigenvalue weighted by atomic mass is 79.9. The van der Waals surface area contributed by atoms with Crippen molar-refractivity contribution in [2.24, 2.45) is 0 Å². The molecule has 3 rings (SSSR count). The van der Waals surface area contributed by atoms with E-state index in [2.05, 4.69) is 15.9 Å². The van der Waals surface area contributed by atoms with Crippen LogP contribution in [-0.4, -0.2) is 27.0 Å². The minimum atomic E-state index is -0.447. The van der Waals surface area contributed by atoms with E-state index in [9.17, 15) is 19.7 Å². The maximum atomic E-state index is 12.5. The van der Waals surface area contributed by atoms with Crippen LogP contribution >= 0.6 is 27.7 Å². The quantitative estimate of drug-likeness (QED) is 0.278. The Bertz CT molecular complexity index is 1040. The summed E-state index contributed by atoms with van der Waals surface area (Å²) in [6, 6.07) is 11.4. The third-order valence-electron chi connectivity index (χ3n) is 4.62. The number of benzene rings is 2. The van der Waals surface area contributed by atoms with Gasteiger partial charge in [0.05, 0.1) is 14.3 Å². The van der Waals surface area contributed by atoms with Crippen LogP contribution in [0.4, 0.5) is 10.5 Å². The second kappa shape index (κ2) is 9.44. The third kappa shape index (κ3) is 4.91. The number of thioether (sulfide) groups is 1. The number of hydrogen-bond acceptors (Lipinski definition) is 6. The van der Waals surface area contributed by atoms with Gasteiger partial charge in [-0.2, -0.15) is 0 Å². The van der Waals surface area contributed by atoms with Crippen molar-refractivity contribution in [3.05, 3.63) is 73.1 Å². The van der Waals surface area contributed by atoms with Gasteiger partial charge in [0.1, 0.15) is 12.4 Å². The fourth-order valence-corrected chi connectivity index (χ4v) is 4.28. The van der Waals surface area contributed by atoms with E-state index in [4.69, 9.17) is 4.74 Å². The average molecular weight is 491 g/mol. The van der Waals surface area contributed by atoms with Gasteiger partial charge < -0.3 is 4.74 Å². The number of imide groups is 1. The van der Waals surface area contributed by atoms with Crippen molar-refractivity contribution < 1.29 is 19.2 Å². The van der Waals surface area contributed by atoms with Crippen molar-refractivity contribution in [3.63, 3.8) is 0 Å². The molecule has 30 heavy (non-hydrogen) atoms. The number of ether oxygens (including phenoxy) is 1. The summed E-state index contributed by atoms with van der Waals surface area (Å²) < 4.78 is 6.43. The summed E-state index contributed by atoms with van der Waals surface area (Å²) in [6.07, 6.45) is 2.38. The minimum Gasteiger partial charge on any atom is -0.488 e. The zero-order valence-electron chi connectivity index (χ0n) is 16.3. The van der Waals surface area contributed by atoms with Gasteiger partial charge in [-0.1, -0.05) is 25.1 Å². The summed E-state index contributed by atoms with van der Waals surface area (Å²) in [4.78, 5) is 36.8. The third-order valence-corrected chi connectivity index (χ3v) is 6.13. The molecular weight excluding hydrogens is 472 g/mol. The second-order valence-corrected chi connectivity index (χ2v) is 8.56. The lowest BCUT2D eigenvalue weighted by atomic mass is 10.2. The normalized spacial score (nSPS) is 16.2. The van der Waals surface area contributed by atoms with Gasteiger partial charge in [-0.05, 0) is 70.4 Å². The average Bonchev–Trinajstić information content (AvgIpc) is 3.00. The molecule has 2 amide bonds. The molecule has 1 fully saturated rings. The number of halogens is 1. The number of amides is 2. The minimum absolute atomic E-state index is 0.0110. The molecule has 1 aliphatic rings. The first-order valence-electron chi connectivity index (χ1n) is 9.23. The zero-order chi connectivity index (χ0) is 21.8. The molecule has 9 heteroatoms. The van der Waals surface area contributed by atoms with Crippen LogP contribution in [0.1, 0.15) is 31.4 Å². The standard InChI is InChI=1S/C21H19BrN2O5S/c1-3-13(2)23-20(25)19(30-21(23)26)11-14-7-8-18(17(22)10-14)29-12-15-5-4-6-16(9-15)24(27)28/h4-11,13H,3,12H2,1-2H3/b19-11+/t13-/m0/s1. The van der Waals surface area contributed by atoms with Crippen LogP contribution in [0.2, 0.25) is 0 Å². The molecule has 2 aromatic rings. The van der Waals surface area contributed by atoms with Crippen molar-refractivity contribution in [3.8, 4) is 5.75 Å². The van der Waals surface area contributed by atoms with Gasteiger partial charge in [-0.15, -0.1) is 0 Å². The van der Waals surface area contributed by atoms with Gasteiger partial charge in [-0.3, -0.25) is 24.6 Å². The Morgan fingerprint density at radius 2 is 2.03 bits per heavy atom. The Kier molecular flexibility index (Phi) is 6.94. The van der Waals surface area contributed by atoms with E-state index in [0.29, 0.717) is 27.1 Å². The molecule has 0 radical (unpaired) electrons. The Labute approximate surface area is 186 Å². The molecule has 1 saturated heterocycles. The van der Waals surface area contributed by atoms with Crippen molar-refractivity contribution in [2.75, 3.05) is 0 Å². The first-order chi connectivity index (χ1) is 14.3. The highest BCUT2D eigenvalue weighted by Gasteiger charge is 2.37. The van der Waals surface area contributed by atoms with Crippen LogP contribution in [0.5, 0.6) is 5.75 Å². The molecular formula is C21H19BrN2O5S. The Morgan fingerprint density at radius 1 is 1.27 bits per heavy atom. The van der Waals surface area contributed by atoms with E-state index in [0.717, 1.165) is 17.3 Å². The molecule has 0 bridgehead atoms. The predicted molar refractivity (Wildman–Crippen MR) is 119 cm³/mol. The fourth-order valence-electron chi connectivity index (χ4n) is 2.84. The van der Waals surface area contributed by atoms with E-state index >= 15 is 0 Å². The number of nitro groups is 1. The lowest BCUT2D eigenvalue weighted by Crippen LogP contribution is -2.36. The van der Waals surface area contributed by atoms with Crippen molar-refractivity contribution in [1.29, 1.82) is 0 Å². The molecule has 0 aliphatic carbocycles. The van der Waals surface area contributed by atoms with Crippen LogP contribution < -0.4 is 4.74 Å². The number of carbonyl (C=O) groups is 2. The van der Waals surface area contributed by atoms with E-state index in [1.807, 2.05) is 13.8 Å². The molecule has 156 valence electrons. The molecule has 0 spiro atoms. The SMILES string of the molecule is CC[C@H](C)N1C(=O)S/C(=C/c2ccc(OCc3cccc([N+](=O)[O-])c3)c(Br)c2)C1=O. The smallest absolute Gasteiger partial charge is 0.293 e. The highest BCUT2D eigenvalue weighted by Crippen LogP contribution is 2.35. The number of nitro benzene ring substituents is 1. The Balaban J connectivity index is 1.72. The van der Waals surface area contributed by atoms with Crippen LogP contribution in [-0.2, 0) is 11.4 Å². The predicted octanol–water partition coefficient (Wildman–Crippen LogP) is 5.77. The van der Waals surface area contributed by atoms with E-state index in [1.54, 1.807) is 36.4 Å². The van der Waals surface area contributed by atoms with Crippen molar-refractivity contribution in [2.45, 2.75) is 32.9 Å². The molecule has 0 aromatic heterocycles. The summed E-state index contributed by atoms with van der Waals surface area (Å²) in [7, 11) is 0. The maximum Gasteiger partial charge on any atom is 0.293 e. The monoisotopic (exact) mass is 490 g/mol. The van der Waals surface area contributed by atoms with Gasteiger partial charge in [0.15, 0.2) is 0 Å². The Morgan fingerprint density at radius 3 is 2.70 bits per heavy atom. The van der Waals surface area contributed by atoms with Gasteiger partial charge in [-0.25, -0.2) is 0 Å². The van der Waals surface area contributed by atoms with Crippen molar-refractivity contribution >= 4 is 50.6 Å². The van der Waals surface area contributed by atoms with E-state index < -0.39 is 4.92 Å². The van der Waals surface area contributed by atoms with Gasteiger partial charge in [0, 0.05) is 18.2 Å². The molecule has 2 aromatic carbocycles. The summed E-state index contributed by atoms with van der Waals surface area (Å²) in [5.41, 5.74) is 1.44. The van der Waals surface area contributed by atoms with Gasteiger partial charge in [0.25, 0.3) is 16.8 Å². The molecule has 0 saturated carbocycles. The van der Waals surface area contributed by atoms with Gasteiger partial charge in [0.2, 0.25) is 0 Å². The summed E-state index contributed by atoms with van der Waals surface area (Å²) in [5.74, 6) is 0.285. The summed E-state index contributed by atoms with van der Waals surface area (Å²) in [6.45, 7) is 3.96. The number of non-ortho nitro benzene ring substituents is 1. The van der Waals surface area contributed by atoms with Crippen LogP contribution in [0.15, 0.2) is 51.8 Å². The van der Waals surface area contributed by atoms with Crippen LogP contribution in [0.25, 0.3) is 6.08 Å². The second-order valence-electron chi connectivity index (χ2n) is 6.71. The molecule has 0 unspecified atom stereocenters. The summed E-state index contributed by atoms with van der Waals surface area (Å²) >= 11 is 4.39. The number of carbonyl (C=O) groups excluding carboxylic acids is 2. The van der Waals surface area contributed by atoms with Gasteiger partial charge >= 0.3 is 0 Å². The van der Waals surface area contributed by atoms with E-state index in [-0.39, 0.29) is 29.5 Å². The largest absolute Gasteiger partial charge is 0.488 e. The maximum absolute atomic E-state index is 12.5. The zero-order valence-corrected chi connectivity index (χ0v) is 18.7. The molecule has 7 nitrogen and oxygen atoms in total. The molecule has 0 N–H and O–H groups in total. The lowest BCUT2D eigenvalue weighted by Gasteiger charge is -2.19. The molecule has 1 atom stereocenters. The van der Waals surface area contributed by atoms with E-state index in [1.165, 1.54) is 17.0 Å². The lowest BCUT2D eigenvalue weighted by molar-refractivity contribution is -0.384. The first kappa shape index (κ1) is 22.0. The topological polar surface area (TPSA) is 89.8 Å². The van der Waals surface area contributed by atoms with Crippen LogP contribution in [0, 0.1) is 10.1 Å². The Hall–Kier alpha value is -2.65. The first-order valence-corrected chi connectivity index (χ1v) is 10.8. The molecule has 1 aliphatic heterocycles.